The molecular weight excluding hydrogens is 169 g/mol. The maximum atomic E-state index is 13.1. The molecule has 0 bridgehead atoms. The highest BCUT2D eigenvalue weighted by Gasteiger charge is 2.37. The molecule has 2 atom stereocenters. The second-order valence-electron chi connectivity index (χ2n) is 4.79. The van der Waals surface area contributed by atoms with Crippen molar-refractivity contribution >= 4 is 5.91 Å². The van der Waals surface area contributed by atoms with Crippen LogP contribution in [-0.2, 0) is 4.79 Å². The molecule has 1 saturated heterocycles. The molecular formula is C10H18FNO. The Balaban J connectivity index is 2.69. The molecule has 13 heavy (non-hydrogen) atoms. The van der Waals surface area contributed by atoms with E-state index in [0.29, 0.717) is 13.0 Å². The van der Waals surface area contributed by atoms with Crippen LogP contribution in [0.1, 0.15) is 34.1 Å². The van der Waals surface area contributed by atoms with Gasteiger partial charge in [-0.15, -0.1) is 0 Å². The molecule has 1 aliphatic heterocycles. The molecule has 0 aliphatic carbocycles. The Morgan fingerprint density at radius 3 is 2.31 bits per heavy atom. The third-order valence-electron chi connectivity index (χ3n) is 2.56. The Labute approximate surface area is 79.1 Å². The number of hydrogen-bond acceptors (Lipinski definition) is 1. The molecule has 0 aromatic heterocycles. The molecule has 0 unspecified atom stereocenters. The standard InChI is InChI=1S/C10H18FNO/c1-7-8(11)5-6-12(7)9(13)10(2,3)4/h7-8H,5-6H2,1-4H3/t7-,8-/m0/s1. The van der Waals surface area contributed by atoms with Gasteiger partial charge in [-0.3, -0.25) is 4.79 Å². The van der Waals surface area contributed by atoms with Crippen LogP contribution in [-0.4, -0.2) is 29.6 Å². The highest BCUT2D eigenvalue weighted by Crippen LogP contribution is 2.26. The fourth-order valence-corrected chi connectivity index (χ4v) is 1.62. The zero-order valence-corrected chi connectivity index (χ0v) is 8.80. The van der Waals surface area contributed by atoms with Gasteiger partial charge in [0.05, 0.1) is 6.04 Å². The van der Waals surface area contributed by atoms with E-state index in [1.54, 1.807) is 11.8 Å². The fraction of sp³-hybridized carbons (Fsp3) is 0.900. The van der Waals surface area contributed by atoms with Crippen LogP contribution >= 0.6 is 0 Å². The molecule has 1 rings (SSSR count). The Morgan fingerprint density at radius 1 is 1.46 bits per heavy atom. The number of halogens is 1. The largest absolute Gasteiger partial charge is 0.337 e. The molecule has 1 heterocycles. The summed E-state index contributed by atoms with van der Waals surface area (Å²) in [6.07, 6.45) is -0.352. The third-order valence-corrected chi connectivity index (χ3v) is 2.56. The number of alkyl halides is 1. The van der Waals surface area contributed by atoms with Crippen molar-refractivity contribution < 1.29 is 9.18 Å². The topological polar surface area (TPSA) is 20.3 Å². The lowest BCUT2D eigenvalue weighted by Crippen LogP contribution is -2.42. The van der Waals surface area contributed by atoms with Crippen molar-refractivity contribution in [1.82, 2.24) is 4.90 Å². The van der Waals surface area contributed by atoms with E-state index in [-0.39, 0.29) is 11.9 Å². The fourth-order valence-electron chi connectivity index (χ4n) is 1.62. The summed E-state index contributed by atoms with van der Waals surface area (Å²) in [6.45, 7) is 7.95. The molecule has 0 aromatic rings. The minimum absolute atomic E-state index is 0.0557. The quantitative estimate of drug-likeness (QED) is 0.568. The molecule has 1 aliphatic rings. The lowest BCUT2D eigenvalue weighted by molar-refractivity contribution is -0.140. The Morgan fingerprint density at radius 2 is 2.00 bits per heavy atom. The zero-order chi connectivity index (χ0) is 10.2. The van der Waals surface area contributed by atoms with Crippen molar-refractivity contribution in [3.63, 3.8) is 0 Å². The smallest absolute Gasteiger partial charge is 0.228 e. The predicted molar refractivity (Wildman–Crippen MR) is 50.1 cm³/mol. The van der Waals surface area contributed by atoms with E-state index in [0.717, 1.165) is 0 Å². The number of carbonyl (C=O) groups is 1. The van der Waals surface area contributed by atoms with Gasteiger partial charge < -0.3 is 4.90 Å². The summed E-state index contributed by atoms with van der Waals surface area (Å²) >= 11 is 0. The third kappa shape index (κ3) is 2.01. The summed E-state index contributed by atoms with van der Waals surface area (Å²) < 4.78 is 13.1. The van der Waals surface area contributed by atoms with Crippen LogP contribution in [0.3, 0.4) is 0 Å². The van der Waals surface area contributed by atoms with Crippen molar-refractivity contribution in [2.75, 3.05) is 6.54 Å². The predicted octanol–water partition coefficient (Wildman–Crippen LogP) is 1.99. The molecule has 2 nitrogen and oxygen atoms in total. The van der Waals surface area contributed by atoms with Gasteiger partial charge in [-0.05, 0) is 13.3 Å². The van der Waals surface area contributed by atoms with Crippen molar-refractivity contribution in [2.45, 2.75) is 46.3 Å². The van der Waals surface area contributed by atoms with E-state index in [4.69, 9.17) is 0 Å². The molecule has 0 radical (unpaired) electrons. The van der Waals surface area contributed by atoms with Crippen LogP contribution in [0.5, 0.6) is 0 Å². The van der Waals surface area contributed by atoms with Gasteiger partial charge in [0.15, 0.2) is 0 Å². The monoisotopic (exact) mass is 187 g/mol. The van der Waals surface area contributed by atoms with E-state index in [1.165, 1.54) is 0 Å². The molecule has 1 amide bonds. The summed E-state index contributed by atoms with van der Waals surface area (Å²) in [6, 6.07) is -0.244. The van der Waals surface area contributed by atoms with Crippen molar-refractivity contribution in [1.29, 1.82) is 0 Å². The van der Waals surface area contributed by atoms with Crippen LogP contribution in [0, 0.1) is 5.41 Å². The zero-order valence-electron chi connectivity index (χ0n) is 8.80. The molecule has 0 spiro atoms. The first-order chi connectivity index (χ1) is 5.84. The number of amides is 1. The molecule has 0 N–H and O–H groups in total. The Hall–Kier alpha value is -0.600. The summed E-state index contributed by atoms with van der Waals surface area (Å²) in [4.78, 5) is 13.4. The van der Waals surface area contributed by atoms with Gasteiger partial charge in [-0.2, -0.15) is 0 Å². The number of nitrogens with zero attached hydrogens (tertiary/aromatic N) is 1. The highest BCUT2D eigenvalue weighted by atomic mass is 19.1. The number of carbonyl (C=O) groups excluding carboxylic acids is 1. The second-order valence-corrected chi connectivity index (χ2v) is 4.79. The summed E-state index contributed by atoms with van der Waals surface area (Å²) in [5.74, 6) is 0.0557. The molecule has 1 fully saturated rings. The van der Waals surface area contributed by atoms with Gasteiger partial charge in [0.1, 0.15) is 6.17 Å². The van der Waals surface area contributed by atoms with E-state index in [9.17, 15) is 9.18 Å². The van der Waals surface area contributed by atoms with Crippen LogP contribution < -0.4 is 0 Å². The highest BCUT2D eigenvalue weighted by molar-refractivity contribution is 5.82. The van der Waals surface area contributed by atoms with E-state index in [2.05, 4.69) is 0 Å². The minimum Gasteiger partial charge on any atom is -0.337 e. The van der Waals surface area contributed by atoms with E-state index >= 15 is 0 Å². The molecule has 76 valence electrons. The molecule has 0 saturated carbocycles. The summed E-state index contributed by atoms with van der Waals surface area (Å²) in [5, 5.41) is 0. The number of likely N-dealkylation sites (tertiary alicyclic amines) is 1. The van der Waals surface area contributed by atoms with Gasteiger partial charge in [0.2, 0.25) is 5.91 Å². The lowest BCUT2D eigenvalue weighted by atomic mass is 9.94. The lowest BCUT2D eigenvalue weighted by Gasteiger charge is -2.29. The van der Waals surface area contributed by atoms with Gasteiger partial charge in [-0.1, -0.05) is 20.8 Å². The van der Waals surface area contributed by atoms with Gasteiger partial charge in [0.25, 0.3) is 0 Å². The van der Waals surface area contributed by atoms with E-state index in [1.807, 2.05) is 20.8 Å². The van der Waals surface area contributed by atoms with Gasteiger partial charge in [-0.25, -0.2) is 4.39 Å². The van der Waals surface area contributed by atoms with Crippen LogP contribution in [0.4, 0.5) is 4.39 Å². The second kappa shape index (κ2) is 3.28. The van der Waals surface area contributed by atoms with Gasteiger partial charge >= 0.3 is 0 Å². The van der Waals surface area contributed by atoms with Crippen molar-refractivity contribution in [3.8, 4) is 0 Å². The first-order valence-electron chi connectivity index (χ1n) is 4.79. The Bertz CT molecular complexity index is 209. The Kier molecular flexibility index (Phi) is 2.64. The molecule has 0 aromatic carbocycles. The summed E-state index contributed by atoms with van der Waals surface area (Å²) in [5.41, 5.74) is -0.391. The van der Waals surface area contributed by atoms with Crippen LogP contribution in [0.25, 0.3) is 0 Å². The maximum absolute atomic E-state index is 13.1. The normalized spacial score (nSPS) is 29.5. The molecule has 3 heteroatoms. The summed E-state index contributed by atoms with van der Waals surface area (Å²) in [7, 11) is 0. The maximum Gasteiger partial charge on any atom is 0.228 e. The average molecular weight is 187 g/mol. The SMILES string of the molecule is C[C@H]1[C@@H](F)CCN1C(=O)C(C)(C)C. The van der Waals surface area contributed by atoms with Crippen LogP contribution in [0.15, 0.2) is 0 Å². The first kappa shape index (κ1) is 10.5. The number of rotatable bonds is 0. The first-order valence-corrected chi connectivity index (χ1v) is 4.79. The van der Waals surface area contributed by atoms with Crippen molar-refractivity contribution in [2.24, 2.45) is 5.41 Å². The van der Waals surface area contributed by atoms with Crippen LogP contribution in [0.2, 0.25) is 0 Å². The number of hydrogen-bond donors (Lipinski definition) is 0. The average Bonchev–Trinajstić information content (AvgIpc) is 2.30. The van der Waals surface area contributed by atoms with E-state index < -0.39 is 11.6 Å². The van der Waals surface area contributed by atoms with Crippen molar-refractivity contribution in [3.05, 3.63) is 0 Å². The van der Waals surface area contributed by atoms with Gasteiger partial charge in [0, 0.05) is 12.0 Å². The minimum atomic E-state index is -0.841.